The average Bonchev–Trinajstić information content (AvgIpc) is 2.64. The molecule has 134 valence electrons. The summed E-state index contributed by atoms with van der Waals surface area (Å²) in [5.41, 5.74) is 1.63. The molecule has 0 bridgehead atoms. The molecule has 0 fully saturated rings. The summed E-state index contributed by atoms with van der Waals surface area (Å²) in [7, 11) is 0. The third-order valence-electron chi connectivity index (χ3n) is 4.07. The van der Waals surface area contributed by atoms with Gasteiger partial charge in [0, 0.05) is 6.07 Å². The molecule has 3 aromatic carbocycles. The van der Waals surface area contributed by atoms with Crippen molar-refractivity contribution in [1.29, 1.82) is 0 Å². The smallest absolute Gasteiger partial charge is 0.228 e. The monoisotopic (exact) mass is 349 g/mol. The van der Waals surface area contributed by atoms with Gasteiger partial charge >= 0.3 is 0 Å². The van der Waals surface area contributed by atoms with Crippen LogP contribution in [0.3, 0.4) is 0 Å². The number of carbonyl (C=O) groups excluding carboxylic acids is 1. The summed E-state index contributed by atoms with van der Waals surface area (Å²) < 4.78 is 11.2. The Balaban J connectivity index is 1.81. The van der Waals surface area contributed by atoms with Crippen LogP contribution < -0.4 is 14.8 Å². The van der Waals surface area contributed by atoms with Crippen molar-refractivity contribution in [3.8, 4) is 11.5 Å². The maximum Gasteiger partial charge on any atom is 0.228 e. The lowest BCUT2D eigenvalue weighted by Gasteiger charge is -2.14. The van der Waals surface area contributed by atoms with Crippen molar-refractivity contribution in [2.75, 3.05) is 18.5 Å². The van der Waals surface area contributed by atoms with Gasteiger partial charge in [0.25, 0.3) is 0 Å². The molecule has 0 aliphatic heterocycles. The topological polar surface area (TPSA) is 47.6 Å². The molecule has 0 aliphatic rings. The third kappa shape index (κ3) is 4.14. The molecule has 4 nitrogen and oxygen atoms in total. The van der Waals surface area contributed by atoms with E-state index in [1.807, 2.05) is 56.3 Å². The normalized spacial score (nSPS) is 10.5. The number of anilines is 1. The second-order valence-corrected chi connectivity index (χ2v) is 5.89. The molecule has 26 heavy (non-hydrogen) atoms. The first-order valence-corrected chi connectivity index (χ1v) is 8.87. The first kappa shape index (κ1) is 17.8. The average molecular weight is 349 g/mol. The van der Waals surface area contributed by atoms with Crippen LogP contribution in [0.15, 0.2) is 60.7 Å². The molecule has 0 aromatic heterocycles. The van der Waals surface area contributed by atoms with Crippen LogP contribution in [0.2, 0.25) is 0 Å². The summed E-state index contributed by atoms with van der Waals surface area (Å²) in [5, 5.41) is 5.19. The highest BCUT2D eigenvalue weighted by Crippen LogP contribution is 2.30. The molecule has 0 saturated carbocycles. The molecule has 3 aromatic rings. The van der Waals surface area contributed by atoms with Crippen molar-refractivity contribution in [3.05, 3.63) is 66.2 Å². The zero-order valence-corrected chi connectivity index (χ0v) is 15.1. The summed E-state index contributed by atoms with van der Waals surface area (Å²) >= 11 is 0. The van der Waals surface area contributed by atoms with Crippen LogP contribution in [0.1, 0.15) is 19.4 Å². The molecule has 0 aliphatic carbocycles. The predicted molar refractivity (Wildman–Crippen MR) is 105 cm³/mol. The molecule has 0 heterocycles. The fraction of sp³-hybridized carbons (Fsp3) is 0.227. The fourth-order valence-corrected chi connectivity index (χ4v) is 2.96. The maximum atomic E-state index is 12.6. The second-order valence-electron chi connectivity index (χ2n) is 5.89. The third-order valence-corrected chi connectivity index (χ3v) is 4.07. The van der Waals surface area contributed by atoms with E-state index in [1.165, 1.54) is 0 Å². The number of carbonyl (C=O) groups is 1. The summed E-state index contributed by atoms with van der Waals surface area (Å²) in [4.78, 5) is 12.6. The molecular formula is C22H23NO3. The van der Waals surface area contributed by atoms with Crippen LogP contribution in [-0.4, -0.2) is 19.1 Å². The molecule has 0 spiro atoms. The van der Waals surface area contributed by atoms with E-state index in [4.69, 9.17) is 9.47 Å². The lowest BCUT2D eigenvalue weighted by atomic mass is 10.0. The van der Waals surface area contributed by atoms with E-state index in [0.717, 1.165) is 16.3 Å². The molecule has 1 amide bonds. The molecule has 0 saturated heterocycles. The summed E-state index contributed by atoms with van der Waals surface area (Å²) in [6.07, 6.45) is 0.297. The van der Waals surface area contributed by atoms with E-state index in [1.54, 1.807) is 6.07 Å². The van der Waals surface area contributed by atoms with Crippen LogP contribution >= 0.6 is 0 Å². The van der Waals surface area contributed by atoms with E-state index in [9.17, 15) is 4.79 Å². The Morgan fingerprint density at radius 3 is 2.50 bits per heavy atom. The van der Waals surface area contributed by atoms with Gasteiger partial charge in [-0.2, -0.15) is 0 Å². The van der Waals surface area contributed by atoms with Gasteiger partial charge in [-0.25, -0.2) is 0 Å². The lowest BCUT2D eigenvalue weighted by Crippen LogP contribution is -2.15. The van der Waals surface area contributed by atoms with Gasteiger partial charge in [-0.05, 0) is 42.3 Å². The number of benzene rings is 3. The Morgan fingerprint density at radius 2 is 1.69 bits per heavy atom. The van der Waals surface area contributed by atoms with Gasteiger partial charge in [0.15, 0.2) is 0 Å². The van der Waals surface area contributed by atoms with Gasteiger partial charge in [0.1, 0.15) is 11.5 Å². The quantitative estimate of drug-likeness (QED) is 0.665. The van der Waals surface area contributed by atoms with Crippen molar-refractivity contribution < 1.29 is 14.3 Å². The molecular weight excluding hydrogens is 326 g/mol. The molecule has 0 radical (unpaired) electrons. The Kier molecular flexibility index (Phi) is 5.74. The molecule has 3 rings (SSSR count). The van der Waals surface area contributed by atoms with Crippen LogP contribution in [0.4, 0.5) is 5.69 Å². The zero-order chi connectivity index (χ0) is 18.4. The van der Waals surface area contributed by atoms with E-state index in [0.29, 0.717) is 36.8 Å². The van der Waals surface area contributed by atoms with E-state index >= 15 is 0 Å². The van der Waals surface area contributed by atoms with Gasteiger partial charge in [0.05, 0.1) is 25.3 Å². The van der Waals surface area contributed by atoms with Crippen LogP contribution in [0.5, 0.6) is 11.5 Å². The molecule has 4 heteroatoms. The number of amides is 1. The predicted octanol–water partition coefficient (Wildman–Crippen LogP) is 4.82. The fourth-order valence-electron chi connectivity index (χ4n) is 2.96. The molecule has 0 atom stereocenters. The largest absolute Gasteiger partial charge is 0.494 e. The van der Waals surface area contributed by atoms with Crippen molar-refractivity contribution in [2.45, 2.75) is 20.3 Å². The number of hydrogen-bond acceptors (Lipinski definition) is 3. The van der Waals surface area contributed by atoms with E-state index in [-0.39, 0.29) is 5.91 Å². The minimum absolute atomic E-state index is 0.0871. The summed E-state index contributed by atoms with van der Waals surface area (Å²) in [6, 6.07) is 19.6. The van der Waals surface area contributed by atoms with Crippen LogP contribution in [0, 0.1) is 0 Å². The SMILES string of the molecule is CCOc1ccc(OCC)c(NC(=O)Cc2cccc3ccccc23)c1. The summed E-state index contributed by atoms with van der Waals surface area (Å²) in [6.45, 7) is 4.94. The highest BCUT2D eigenvalue weighted by molar-refractivity contribution is 5.97. The van der Waals surface area contributed by atoms with Gasteiger partial charge in [0.2, 0.25) is 5.91 Å². The number of fused-ring (bicyclic) bond motifs is 1. The maximum absolute atomic E-state index is 12.6. The lowest BCUT2D eigenvalue weighted by molar-refractivity contribution is -0.115. The summed E-state index contributed by atoms with van der Waals surface area (Å²) in [5.74, 6) is 1.26. The van der Waals surface area contributed by atoms with Crippen LogP contribution in [0.25, 0.3) is 10.8 Å². The Morgan fingerprint density at radius 1 is 0.923 bits per heavy atom. The first-order valence-electron chi connectivity index (χ1n) is 8.87. The number of hydrogen-bond donors (Lipinski definition) is 1. The van der Waals surface area contributed by atoms with Gasteiger partial charge in [-0.3, -0.25) is 4.79 Å². The van der Waals surface area contributed by atoms with E-state index in [2.05, 4.69) is 17.4 Å². The second kappa shape index (κ2) is 8.39. The standard InChI is InChI=1S/C22H23NO3/c1-3-25-18-12-13-21(26-4-2)20(15-18)23-22(24)14-17-10-7-9-16-8-5-6-11-19(16)17/h5-13,15H,3-4,14H2,1-2H3,(H,23,24). The van der Waals surface area contributed by atoms with Crippen molar-refractivity contribution in [1.82, 2.24) is 0 Å². The van der Waals surface area contributed by atoms with Crippen LogP contribution in [-0.2, 0) is 11.2 Å². The van der Waals surface area contributed by atoms with Crippen molar-refractivity contribution >= 4 is 22.4 Å². The van der Waals surface area contributed by atoms with Crippen molar-refractivity contribution in [2.24, 2.45) is 0 Å². The molecule has 0 unspecified atom stereocenters. The Hall–Kier alpha value is -3.01. The highest BCUT2D eigenvalue weighted by Gasteiger charge is 2.12. The van der Waals surface area contributed by atoms with E-state index < -0.39 is 0 Å². The van der Waals surface area contributed by atoms with Gasteiger partial charge in [-0.15, -0.1) is 0 Å². The van der Waals surface area contributed by atoms with Gasteiger partial charge in [-0.1, -0.05) is 42.5 Å². The van der Waals surface area contributed by atoms with Crippen molar-refractivity contribution in [3.63, 3.8) is 0 Å². The molecule has 1 N–H and O–H groups in total. The number of ether oxygens (including phenoxy) is 2. The minimum atomic E-state index is -0.0871. The first-order chi connectivity index (χ1) is 12.7. The zero-order valence-electron chi connectivity index (χ0n) is 15.1. The Bertz CT molecular complexity index is 900. The number of nitrogens with one attached hydrogen (secondary N) is 1. The minimum Gasteiger partial charge on any atom is -0.494 e. The Labute approximate surface area is 153 Å². The number of rotatable bonds is 7. The highest BCUT2D eigenvalue weighted by atomic mass is 16.5. The van der Waals surface area contributed by atoms with Gasteiger partial charge < -0.3 is 14.8 Å².